The van der Waals surface area contributed by atoms with E-state index in [1.807, 2.05) is 11.0 Å². The van der Waals surface area contributed by atoms with E-state index in [0.29, 0.717) is 0 Å². The number of carbonyl (C=O) groups excluding carboxylic acids is 1. The topological polar surface area (TPSA) is 61.0 Å². The van der Waals surface area contributed by atoms with Crippen molar-refractivity contribution in [3.05, 3.63) is 53.6 Å². The van der Waals surface area contributed by atoms with Gasteiger partial charge in [-0.1, -0.05) is 30.3 Å². The van der Waals surface area contributed by atoms with Gasteiger partial charge in [0.1, 0.15) is 0 Å². The fourth-order valence-electron chi connectivity index (χ4n) is 3.03. The summed E-state index contributed by atoms with van der Waals surface area (Å²) in [4.78, 5) is 21.8. The minimum atomic E-state index is 0.0528. The molecule has 2 amide bonds. The number of nitrogens with zero attached hydrogens (tertiary/aromatic N) is 2. The van der Waals surface area contributed by atoms with E-state index in [4.69, 9.17) is 0 Å². The van der Waals surface area contributed by atoms with Crippen LogP contribution in [0, 0.1) is 0 Å². The lowest BCUT2D eigenvalue weighted by molar-refractivity contribution is 0.196. The van der Waals surface area contributed by atoms with Crippen LogP contribution in [-0.4, -0.2) is 40.5 Å². The molecule has 0 radical (unpaired) electrons. The van der Waals surface area contributed by atoms with Crippen LogP contribution in [0.15, 0.2) is 36.7 Å². The number of nitrogens with one attached hydrogen (secondary N) is 2. The first kappa shape index (κ1) is 15.6. The van der Waals surface area contributed by atoms with Crippen LogP contribution in [0.25, 0.3) is 0 Å². The fraction of sp³-hybridized carbons (Fsp3) is 0.444. The van der Waals surface area contributed by atoms with Crippen molar-refractivity contribution < 1.29 is 4.79 Å². The Labute approximate surface area is 137 Å². The van der Waals surface area contributed by atoms with Crippen molar-refractivity contribution in [3.63, 3.8) is 0 Å². The Kier molecular flexibility index (Phi) is 5.29. The molecule has 3 rings (SSSR count). The van der Waals surface area contributed by atoms with Gasteiger partial charge in [-0.05, 0) is 31.2 Å². The van der Waals surface area contributed by atoms with Crippen LogP contribution >= 0.6 is 0 Å². The van der Waals surface area contributed by atoms with E-state index in [2.05, 4.69) is 39.6 Å². The smallest absolute Gasteiger partial charge is 0.317 e. The van der Waals surface area contributed by atoms with Crippen LogP contribution in [0.4, 0.5) is 4.79 Å². The highest BCUT2D eigenvalue weighted by Crippen LogP contribution is 2.12. The van der Waals surface area contributed by atoms with E-state index in [1.165, 1.54) is 11.3 Å². The Hall–Kier alpha value is -2.30. The number of rotatable bonds is 4. The monoisotopic (exact) mass is 312 g/mol. The second-order valence-electron chi connectivity index (χ2n) is 5.99. The number of hydrogen-bond acceptors (Lipinski definition) is 2. The number of aromatic amines is 1. The van der Waals surface area contributed by atoms with Gasteiger partial charge in [-0.15, -0.1) is 0 Å². The number of aromatic nitrogens is 2. The third-order valence-corrected chi connectivity index (χ3v) is 4.33. The van der Waals surface area contributed by atoms with Crippen molar-refractivity contribution in [1.29, 1.82) is 0 Å². The van der Waals surface area contributed by atoms with Crippen molar-refractivity contribution >= 4 is 6.03 Å². The summed E-state index contributed by atoms with van der Waals surface area (Å²) in [6.45, 7) is 2.27. The van der Waals surface area contributed by atoms with Crippen LogP contribution in [0.5, 0.6) is 0 Å². The van der Waals surface area contributed by atoms with Gasteiger partial charge in [-0.2, -0.15) is 0 Å². The molecule has 5 heteroatoms. The summed E-state index contributed by atoms with van der Waals surface area (Å²) in [5.41, 5.74) is 3.65. The van der Waals surface area contributed by atoms with Gasteiger partial charge in [-0.3, -0.25) is 0 Å². The number of hydrogen-bond donors (Lipinski definition) is 2. The third-order valence-electron chi connectivity index (χ3n) is 4.33. The molecule has 0 spiro atoms. The molecule has 1 aromatic carbocycles. The molecule has 2 aromatic rings. The van der Waals surface area contributed by atoms with Crippen molar-refractivity contribution in [2.24, 2.45) is 0 Å². The molecule has 5 nitrogen and oxygen atoms in total. The lowest BCUT2D eigenvalue weighted by atomic mass is 10.1. The van der Waals surface area contributed by atoms with Gasteiger partial charge < -0.3 is 15.2 Å². The highest BCUT2D eigenvalue weighted by atomic mass is 16.2. The Morgan fingerprint density at radius 2 is 2.09 bits per heavy atom. The van der Waals surface area contributed by atoms with Gasteiger partial charge in [0, 0.05) is 31.7 Å². The SMILES string of the molecule is O=C(NCCCc1ccccc1)N1CCCc2[nH]cnc2CC1. The highest BCUT2D eigenvalue weighted by Gasteiger charge is 2.17. The summed E-state index contributed by atoms with van der Waals surface area (Å²) in [7, 11) is 0. The average molecular weight is 312 g/mol. The molecule has 2 N–H and O–H groups in total. The molecule has 23 heavy (non-hydrogen) atoms. The predicted octanol–water partition coefficient (Wildman–Crippen LogP) is 2.54. The fourth-order valence-corrected chi connectivity index (χ4v) is 3.03. The molecule has 1 aromatic heterocycles. The molecule has 0 saturated heterocycles. The van der Waals surface area contributed by atoms with E-state index < -0.39 is 0 Å². The molecule has 2 heterocycles. The minimum Gasteiger partial charge on any atom is -0.348 e. The average Bonchev–Trinajstić information content (AvgIpc) is 2.99. The molecule has 0 saturated carbocycles. The van der Waals surface area contributed by atoms with Gasteiger partial charge in [0.2, 0.25) is 0 Å². The Morgan fingerprint density at radius 3 is 2.96 bits per heavy atom. The lowest BCUT2D eigenvalue weighted by Gasteiger charge is -2.24. The molecule has 0 fully saturated rings. The molecule has 0 atom stereocenters. The Bertz CT molecular complexity index is 623. The molecule has 122 valence electrons. The number of amides is 2. The molecular formula is C18H24N4O. The Morgan fingerprint density at radius 1 is 1.22 bits per heavy atom. The van der Waals surface area contributed by atoms with Crippen molar-refractivity contribution in [2.75, 3.05) is 19.6 Å². The lowest BCUT2D eigenvalue weighted by Crippen LogP contribution is -2.42. The van der Waals surface area contributed by atoms with Crippen molar-refractivity contribution in [1.82, 2.24) is 20.2 Å². The maximum Gasteiger partial charge on any atom is 0.317 e. The van der Waals surface area contributed by atoms with Gasteiger partial charge >= 0.3 is 6.03 Å². The van der Waals surface area contributed by atoms with E-state index in [-0.39, 0.29) is 6.03 Å². The second kappa shape index (κ2) is 7.81. The number of urea groups is 1. The van der Waals surface area contributed by atoms with Crippen LogP contribution in [0.2, 0.25) is 0 Å². The normalized spacial score (nSPS) is 14.7. The van der Waals surface area contributed by atoms with E-state index in [9.17, 15) is 4.79 Å². The van der Waals surface area contributed by atoms with Crippen molar-refractivity contribution in [2.45, 2.75) is 32.1 Å². The van der Waals surface area contributed by atoms with Crippen LogP contribution in [-0.2, 0) is 19.3 Å². The number of fused-ring (bicyclic) bond motifs is 1. The number of benzene rings is 1. The first-order chi connectivity index (χ1) is 11.3. The van der Waals surface area contributed by atoms with Gasteiger partial charge in [0.25, 0.3) is 0 Å². The highest BCUT2D eigenvalue weighted by molar-refractivity contribution is 5.74. The molecule has 0 unspecified atom stereocenters. The first-order valence-corrected chi connectivity index (χ1v) is 8.41. The minimum absolute atomic E-state index is 0.0528. The maximum atomic E-state index is 12.3. The van der Waals surface area contributed by atoms with Crippen LogP contribution < -0.4 is 5.32 Å². The summed E-state index contributed by atoms with van der Waals surface area (Å²) in [5.74, 6) is 0. The molecule has 1 aliphatic heterocycles. The molecule has 0 aliphatic carbocycles. The van der Waals surface area contributed by atoms with Crippen molar-refractivity contribution in [3.8, 4) is 0 Å². The van der Waals surface area contributed by atoms with Gasteiger partial charge in [0.05, 0.1) is 12.0 Å². The standard InChI is InChI=1S/C18H24N4O/c23-18(19-11-4-8-15-6-2-1-3-7-15)22-12-5-9-16-17(10-13-22)21-14-20-16/h1-3,6-7,14H,4-5,8-13H2,(H,19,23)(H,20,21). The van der Waals surface area contributed by atoms with Gasteiger partial charge in [-0.25, -0.2) is 9.78 Å². The quantitative estimate of drug-likeness (QED) is 0.852. The number of aryl methyl sites for hydroxylation is 2. The summed E-state index contributed by atoms with van der Waals surface area (Å²) in [6, 6.07) is 10.4. The molecule has 0 bridgehead atoms. The summed E-state index contributed by atoms with van der Waals surface area (Å²) in [5, 5.41) is 3.05. The second-order valence-corrected chi connectivity index (χ2v) is 5.99. The van der Waals surface area contributed by atoms with Crippen LogP contribution in [0.1, 0.15) is 29.8 Å². The van der Waals surface area contributed by atoms with Gasteiger partial charge in [0.15, 0.2) is 0 Å². The third kappa shape index (κ3) is 4.34. The van der Waals surface area contributed by atoms with Crippen LogP contribution in [0.3, 0.4) is 0 Å². The largest absolute Gasteiger partial charge is 0.348 e. The predicted molar refractivity (Wildman–Crippen MR) is 90.3 cm³/mol. The van der Waals surface area contributed by atoms with E-state index in [1.54, 1.807) is 6.33 Å². The summed E-state index contributed by atoms with van der Waals surface area (Å²) >= 11 is 0. The van der Waals surface area contributed by atoms with E-state index >= 15 is 0 Å². The first-order valence-electron chi connectivity index (χ1n) is 8.41. The number of carbonyl (C=O) groups is 1. The summed E-state index contributed by atoms with van der Waals surface area (Å²) in [6.07, 6.45) is 6.49. The molecular weight excluding hydrogens is 288 g/mol. The van der Waals surface area contributed by atoms with E-state index in [0.717, 1.165) is 57.4 Å². The maximum absolute atomic E-state index is 12.3. The summed E-state index contributed by atoms with van der Waals surface area (Å²) < 4.78 is 0. The number of H-pyrrole nitrogens is 1. The zero-order chi connectivity index (χ0) is 15.9. The number of imidazole rings is 1. The zero-order valence-corrected chi connectivity index (χ0v) is 13.4. The zero-order valence-electron chi connectivity index (χ0n) is 13.4. The Balaban J connectivity index is 1.41. The molecule has 1 aliphatic rings.